The van der Waals surface area contributed by atoms with Crippen molar-refractivity contribution in [3.8, 4) is 0 Å². The number of ketones is 1. The van der Waals surface area contributed by atoms with Crippen LogP contribution in [0.5, 0.6) is 0 Å². The van der Waals surface area contributed by atoms with Gasteiger partial charge in [0.05, 0.1) is 6.10 Å². The topological polar surface area (TPSA) is 63.6 Å². The Morgan fingerprint density at radius 1 is 1.10 bits per heavy atom. The summed E-state index contributed by atoms with van der Waals surface area (Å²) in [6.45, 7) is 15.4. The van der Waals surface area contributed by atoms with Gasteiger partial charge in [0.25, 0.3) is 0 Å². The molecule has 0 aliphatic heterocycles. The maximum Gasteiger partial charge on any atom is 0.302 e. The van der Waals surface area contributed by atoms with Gasteiger partial charge in [-0.15, -0.1) is 0 Å². The number of rotatable bonds is 5. The Morgan fingerprint density at radius 3 is 2.39 bits per heavy atom. The SMILES string of the molecule is CC(=O)OC/C=C(\C)CC[C@H]1[C@H](C)C(=O)C[C@H]2[C@]1(C)CC[C@H]1C(C)(C)[C@@H](O)CC[C@]21C. The van der Waals surface area contributed by atoms with Crippen LogP contribution in [0.3, 0.4) is 0 Å². The van der Waals surface area contributed by atoms with Crippen molar-refractivity contribution in [3.63, 3.8) is 0 Å². The molecule has 3 fully saturated rings. The average molecular weight is 433 g/mol. The van der Waals surface area contributed by atoms with E-state index in [-0.39, 0.29) is 34.2 Å². The maximum absolute atomic E-state index is 13.2. The number of allylic oxidation sites excluding steroid dienone is 1. The maximum atomic E-state index is 13.2. The minimum atomic E-state index is -0.253. The first-order valence-electron chi connectivity index (χ1n) is 12.3. The van der Waals surface area contributed by atoms with Gasteiger partial charge in [0.1, 0.15) is 12.4 Å². The van der Waals surface area contributed by atoms with E-state index in [1.54, 1.807) is 0 Å². The Kier molecular flexibility index (Phi) is 6.83. The molecule has 3 aliphatic carbocycles. The molecule has 3 rings (SSSR count). The quantitative estimate of drug-likeness (QED) is 0.446. The van der Waals surface area contributed by atoms with Crippen molar-refractivity contribution in [1.82, 2.24) is 0 Å². The van der Waals surface area contributed by atoms with Crippen molar-refractivity contribution in [1.29, 1.82) is 0 Å². The van der Waals surface area contributed by atoms with Gasteiger partial charge in [0.15, 0.2) is 0 Å². The Bertz CT molecular complexity index is 738. The molecule has 4 nitrogen and oxygen atoms in total. The standard InChI is InChI=1S/C27H44O4/c1-17(12-15-31-19(3)28)8-9-20-18(2)21(29)16-23-26(20,6)13-10-22-25(4,5)24(30)11-14-27(22,23)7/h12,18,20,22-24,30H,8-11,13-16H2,1-7H3/b17-12+/t18-,20-,22-,23-,24-,26+,27-/m0/s1. The van der Waals surface area contributed by atoms with Gasteiger partial charge >= 0.3 is 5.97 Å². The molecule has 0 aromatic rings. The Balaban J connectivity index is 1.83. The molecule has 0 amide bonds. The summed E-state index contributed by atoms with van der Waals surface area (Å²) in [4.78, 5) is 24.2. The molecule has 0 bridgehead atoms. The lowest BCUT2D eigenvalue weighted by molar-refractivity contribution is -0.200. The monoisotopic (exact) mass is 432 g/mol. The molecule has 0 spiro atoms. The first-order chi connectivity index (χ1) is 14.3. The zero-order chi connectivity index (χ0) is 23.2. The molecular formula is C27H44O4. The highest BCUT2D eigenvalue weighted by atomic mass is 16.5. The largest absolute Gasteiger partial charge is 0.462 e. The number of Topliss-reactive ketones (excluding diaryl/α,β-unsaturated/α-hetero) is 1. The first-order valence-corrected chi connectivity index (χ1v) is 12.3. The molecular weight excluding hydrogens is 388 g/mol. The van der Waals surface area contributed by atoms with E-state index in [4.69, 9.17) is 4.74 Å². The summed E-state index contributed by atoms with van der Waals surface area (Å²) in [5.41, 5.74) is 1.41. The molecule has 176 valence electrons. The summed E-state index contributed by atoms with van der Waals surface area (Å²) in [6, 6.07) is 0. The zero-order valence-electron chi connectivity index (χ0n) is 20.8. The second-order valence-corrected chi connectivity index (χ2v) is 12.0. The number of esters is 1. The highest BCUT2D eigenvalue weighted by Gasteiger charge is 2.64. The molecule has 1 N–H and O–H groups in total. The fraction of sp³-hybridized carbons (Fsp3) is 0.852. The van der Waals surface area contributed by atoms with E-state index in [1.165, 1.54) is 12.5 Å². The van der Waals surface area contributed by atoms with Crippen LogP contribution in [-0.2, 0) is 14.3 Å². The Morgan fingerprint density at radius 2 is 1.74 bits per heavy atom. The van der Waals surface area contributed by atoms with Gasteiger partial charge in [0, 0.05) is 19.3 Å². The number of hydrogen-bond donors (Lipinski definition) is 1. The highest BCUT2D eigenvalue weighted by molar-refractivity contribution is 5.82. The van der Waals surface area contributed by atoms with Gasteiger partial charge in [-0.3, -0.25) is 9.59 Å². The van der Waals surface area contributed by atoms with Crippen LogP contribution in [0, 0.1) is 39.9 Å². The summed E-state index contributed by atoms with van der Waals surface area (Å²) in [6.07, 6.45) is 8.57. The number of aliphatic hydroxyl groups excluding tert-OH is 1. The van der Waals surface area contributed by atoms with Crippen LogP contribution in [0.25, 0.3) is 0 Å². The first kappa shape index (κ1) is 24.5. The second kappa shape index (κ2) is 8.65. The van der Waals surface area contributed by atoms with E-state index in [9.17, 15) is 14.7 Å². The normalized spacial score (nSPS) is 42.5. The van der Waals surface area contributed by atoms with E-state index in [0.29, 0.717) is 36.6 Å². The Labute approximate surface area is 189 Å². The predicted molar refractivity (Wildman–Crippen MR) is 123 cm³/mol. The van der Waals surface area contributed by atoms with Crippen LogP contribution in [0.2, 0.25) is 0 Å². The highest BCUT2D eigenvalue weighted by Crippen LogP contribution is 2.69. The third-order valence-corrected chi connectivity index (χ3v) is 10.0. The lowest BCUT2D eigenvalue weighted by atomic mass is 9.38. The minimum Gasteiger partial charge on any atom is -0.462 e. The van der Waals surface area contributed by atoms with Gasteiger partial charge < -0.3 is 9.84 Å². The van der Waals surface area contributed by atoms with Gasteiger partial charge in [0.2, 0.25) is 0 Å². The van der Waals surface area contributed by atoms with Crippen LogP contribution in [-0.4, -0.2) is 29.6 Å². The summed E-state index contributed by atoms with van der Waals surface area (Å²) in [7, 11) is 0. The molecule has 31 heavy (non-hydrogen) atoms. The van der Waals surface area contributed by atoms with Crippen molar-refractivity contribution in [3.05, 3.63) is 11.6 Å². The zero-order valence-corrected chi connectivity index (χ0v) is 20.8. The van der Waals surface area contributed by atoms with Crippen molar-refractivity contribution >= 4 is 11.8 Å². The van der Waals surface area contributed by atoms with Gasteiger partial charge in [-0.2, -0.15) is 0 Å². The molecule has 0 aromatic heterocycles. The number of aliphatic hydroxyl groups is 1. The number of carbonyl (C=O) groups is 2. The van der Waals surface area contributed by atoms with Gasteiger partial charge in [-0.25, -0.2) is 0 Å². The van der Waals surface area contributed by atoms with Crippen molar-refractivity contribution < 1.29 is 19.4 Å². The van der Waals surface area contributed by atoms with E-state index in [2.05, 4.69) is 41.5 Å². The number of fused-ring (bicyclic) bond motifs is 3. The number of ether oxygens (including phenoxy) is 1. The summed E-state index contributed by atoms with van der Waals surface area (Å²) >= 11 is 0. The summed E-state index contributed by atoms with van der Waals surface area (Å²) in [5, 5.41) is 10.7. The van der Waals surface area contributed by atoms with E-state index in [1.807, 2.05) is 6.08 Å². The molecule has 3 saturated carbocycles. The van der Waals surface area contributed by atoms with Crippen molar-refractivity contribution in [2.45, 2.75) is 99.5 Å². The van der Waals surface area contributed by atoms with E-state index >= 15 is 0 Å². The van der Waals surface area contributed by atoms with Crippen molar-refractivity contribution in [2.24, 2.45) is 39.9 Å². The lowest BCUT2D eigenvalue weighted by Gasteiger charge is -2.67. The molecule has 4 heteroatoms. The van der Waals surface area contributed by atoms with Crippen LogP contribution < -0.4 is 0 Å². The molecule has 0 radical (unpaired) electrons. The average Bonchev–Trinajstić information content (AvgIpc) is 2.67. The smallest absolute Gasteiger partial charge is 0.302 e. The second-order valence-electron chi connectivity index (χ2n) is 12.0. The minimum absolute atomic E-state index is 0.0913. The fourth-order valence-electron chi connectivity index (χ4n) is 8.04. The van der Waals surface area contributed by atoms with E-state index < -0.39 is 0 Å². The molecule has 7 atom stereocenters. The lowest BCUT2D eigenvalue weighted by Crippen LogP contribution is -2.62. The molecule has 0 heterocycles. The van der Waals surface area contributed by atoms with Gasteiger partial charge in [-0.1, -0.05) is 40.2 Å². The van der Waals surface area contributed by atoms with Crippen LogP contribution in [0.1, 0.15) is 93.4 Å². The Hall–Kier alpha value is -1.16. The third-order valence-electron chi connectivity index (χ3n) is 10.0. The number of carbonyl (C=O) groups excluding carboxylic acids is 2. The summed E-state index contributed by atoms with van der Waals surface area (Å²) in [5.74, 6) is 1.52. The van der Waals surface area contributed by atoms with E-state index in [0.717, 1.165) is 38.5 Å². The third kappa shape index (κ3) is 4.26. The molecule has 0 unspecified atom stereocenters. The predicted octanol–water partition coefficient (Wildman–Crippen LogP) is 5.72. The van der Waals surface area contributed by atoms with Crippen LogP contribution in [0.4, 0.5) is 0 Å². The summed E-state index contributed by atoms with van der Waals surface area (Å²) < 4.78 is 5.06. The van der Waals surface area contributed by atoms with Crippen molar-refractivity contribution in [2.75, 3.05) is 6.61 Å². The number of hydrogen-bond acceptors (Lipinski definition) is 4. The molecule has 3 aliphatic rings. The fourth-order valence-corrected chi connectivity index (χ4v) is 8.04. The van der Waals surface area contributed by atoms with Crippen LogP contribution in [0.15, 0.2) is 11.6 Å². The molecule has 0 aromatic carbocycles. The van der Waals surface area contributed by atoms with Crippen LogP contribution >= 0.6 is 0 Å². The van der Waals surface area contributed by atoms with Gasteiger partial charge in [-0.05, 0) is 85.5 Å². The molecule has 0 saturated heterocycles.